The number of aryl methyl sites for hydroxylation is 2. The van der Waals surface area contributed by atoms with Crippen LogP contribution in [0.2, 0.25) is 0 Å². The highest BCUT2D eigenvalue weighted by Gasteiger charge is 2.21. The Balaban J connectivity index is 2.06. The van der Waals surface area contributed by atoms with E-state index in [0.717, 1.165) is 59.5 Å². The highest BCUT2D eigenvalue weighted by molar-refractivity contribution is 5.96. The highest BCUT2D eigenvalue weighted by atomic mass is 16.2. The molecule has 1 N–H and O–H groups in total. The fourth-order valence-electron chi connectivity index (χ4n) is 3.48. The van der Waals surface area contributed by atoms with Crippen LogP contribution >= 0.6 is 0 Å². The van der Waals surface area contributed by atoms with Gasteiger partial charge in [0.25, 0.3) is 0 Å². The van der Waals surface area contributed by atoms with Crippen molar-refractivity contribution >= 4 is 17.4 Å². The van der Waals surface area contributed by atoms with E-state index in [4.69, 9.17) is 4.98 Å². The Hall–Kier alpha value is -2.62. The number of carbonyl (C=O) groups is 1. The number of nitrogens with one attached hydrogen (secondary N) is 1. The first-order chi connectivity index (χ1) is 13.0. The normalized spacial score (nSPS) is 12.3. The van der Waals surface area contributed by atoms with Gasteiger partial charge in [-0.15, -0.1) is 0 Å². The number of fused-ring (bicyclic) bond motifs is 1. The molecule has 0 radical (unpaired) electrons. The van der Waals surface area contributed by atoms with Crippen LogP contribution in [0.1, 0.15) is 50.7 Å². The summed E-state index contributed by atoms with van der Waals surface area (Å²) in [5, 5.41) is 3.20. The predicted octanol–water partition coefficient (Wildman–Crippen LogP) is 5.77. The van der Waals surface area contributed by atoms with Gasteiger partial charge < -0.3 is 5.32 Å². The highest BCUT2D eigenvalue weighted by Crippen LogP contribution is 2.32. The van der Waals surface area contributed by atoms with Crippen molar-refractivity contribution in [2.45, 2.75) is 53.4 Å². The van der Waals surface area contributed by atoms with Gasteiger partial charge in [-0.2, -0.15) is 0 Å². The van der Waals surface area contributed by atoms with Crippen LogP contribution in [0.15, 0.2) is 42.6 Å². The van der Waals surface area contributed by atoms with Gasteiger partial charge in [-0.05, 0) is 49.9 Å². The molecule has 4 nitrogen and oxygen atoms in total. The summed E-state index contributed by atoms with van der Waals surface area (Å²) < 4.78 is 1.99. The lowest BCUT2D eigenvalue weighted by atomic mass is 9.98. The number of hydrogen-bond donors (Lipinski definition) is 1. The molecular formula is C23H29N3O. The van der Waals surface area contributed by atoms with Crippen LogP contribution in [0.3, 0.4) is 0 Å². The van der Waals surface area contributed by atoms with E-state index in [1.807, 2.05) is 34.9 Å². The number of hydrogen-bond acceptors (Lipinski definition) is 2. The van der Waals surface area contributed by atoms with Crippen LogP contribution in [0.5, 0.6) is 0 Å². The van der Waals surface area contributed by atoms with Crippen molar-refractivity contribution in [3.8, 4) is 11.3 Å². The van der Waals surface area contributed by atoms with Crippen molar-refractivity contribution in [3.05, 3.63) is 53.7 Å². The van der Waals surface area contributed by atoms with Crippen molar-refractivity contribution < 1.29 is 4.79 Å². The molecule has 142 valence electrons. The number of anilines is 1. The van der Waals surface area contributed by atoms with Gasteiger partial charge in [-0.3, -0.25) is 9.20 Å². The SMILES string of the molecule is CCCC[C@@H](CC)C(=O)Nc1c(-c2ccccc2C)nc2cc(C)ccn12. The van der Waals surface area contributed by atoms with Crippen molar-refractivity contribution in [2.24, 2.45) is 5.92 Å². The molecule has 0 unspecified atom stereocenters. The van der Waals surface area contributed by atoms with E-state index < -0.39 is 0 Å². The Labute approximate surface area is 161 Å². The number of aromatic nitrogens is 2. The summed E-state index contributed by atoms with van der Waals surface area (Å²) in [6.45, 7) is 8.37. The first kappa shape index (κ1) is 19.2. The maximum absolute atomic E-state index is 13.0. The Kier molecular flexibility index (Phi) is 5.94. The third-order valence-corrected chi connectivity index (χ3v) is 5.19. The van der Waals surface area contributed by atoms with Crippen LogP contribution in [0.25, 0.3) is 16.9 Å². The number of carbonyl (C=O) groups excluding carboxylic acids is 1. The number of rotatable bonds is 7. The molecule has 0 aliphatic rings. The molecule has 0 aliphatic heterocycles. The Bertz CT molecular complexity index is 942. The summed E-state index contributed by atoms with van der Waals surface area (Å²) in [6.07, 6.45) is 5.94. The van der Waals surface area contributed by atoms with E-state index in [2.05, 4.69) is 45.1 Å². The van der Waals surface area contributed by atoms with Crippen molar-refractivity contribution in [3.63, 3.8) is 0 Å². The fraction of sp³-hybridized carbons (Fsp3) is 0.391. The molecule has 0 aliphatic carbocycles. The molecule has 1 aromatic carbocycles. The summed E-state index contributed by atoms with van der Waals surface area (Å²) in [7, 11) is 0. The molecule has 3 rings (SSSR count). The second kappa shape index (κ2) is 8.38. The zero-order valence-electron chi connectivity index (χ0n) is 16.7. The van der Waals surface area contributed by atoms with Crippen LogP contribution in [0.4, 0.5) is 5.82 Å². The molecule has 2 heterocycles. The summed E-state index contributed by atoms with van der Waals surface area (Å²) in [4.78, 5) is 17.8. The summed E-state index contributed by atoms with van der Waals surface area (Å²) in [5.41, 5.74) is 5.03. The van der Waals surface area contributed by atoms with E-state index >= 15 is 0 Å². The van der Waals surface area contributed by atoms with Crippen LogP contribution < -0.4 is 5.32 Å². The second-order valence-corrected chi connectivity index (χ2v) is 7.29. The van der Waals surface area contributed by atoms with Crippen molar-refractivity contribution in [1.82, 2.24) is 9.38 Å². The number of nitrogens with zero attached hydrogens (tertiary/aromatic N) is 2. The zero-order valence-corrected chi connectivity index (χ0v) is 16.7. The lowest BCUT2D eigenvalue weighted by molar-refractivity contribution is -0.120. The molecule has 0 saturated heterocycles. The average Bonchev–Trinajstić information content (AvgIpc) is 3.00. The summed E-state index contributed by atoms with van der Waals surface area (Å²) >= 11 is 0. The molecule has 0 spiro atoms. The van der Waals surface area contributed by atoms with Gasteiger partial charge in [0.15, 0.2) is 0 Å². The third-order valence-electron chi connectivity index (χ3n) is 5.19. The van der Waals surface area contributed by atoms with Crippen molar-refractivity contribution in [1.29, 1.82) is 0 Å². The zero-order chi connectivity index (χ0) is 19.4. The van der Waals surface area contributed by atoms with E-state index in [0.29, 0.717) is 0 Å². The molecule has 3 aromatic rings. The van der Waals surface area contributed by atoms with Gasteiger partial charge in [0.05, 0.1) is 0 Å². The van der Waals surface area contributed by atoms with Gasteiger partial charge in [0.2, 0.25) is 5.91 Å². The van der Waals surface area contributed by atoms with Gasteiger partial charge in [0.1, 0.15) is 17.2 Å². The molecule has 27 heavy (non-hydrogen) atoms. The second-order valence-electron chi connectivity index (χ2n) is 7.29. The van der Waals surface area contributed by atoms with Crippen LogP contribution in [0, 0.1) is 19.8 Å². The fourth-order valence-corrected chi connectivity index (χ4v) is 3.48. The largest absolute Gasteiger partial charge is 0.310 e. The minimum absolute atomic E-state index is 0.0330. The molecule has 1 amide bonds. The number of imidazole rings is 1. The minimum Gasteiger partial charge on any atom is -0.310 e. The van der Waals surface area contributed by atoms with E-state index in [-0.39, 0.29) is 11.8 Å². The average molecular weight is 364 g/mol. The Morgan fingerprint density at radius 3 is 2.67 bits per heavy atom. The number of benzene rings is 1. The first-order valence-electron chi connectivity index (χ1n) is 9.90. The number of unbranched alkanes of at least 4 members (excludes halogenated alkanes) is 1. The third kappa shape index (κ3) is 4.05. The molecule has 0 fully saturated rings. The standard InChI is InChI=1S/C23H29N3O/c1-5-7-11-18(6-2)23(27)25-22-21(19-12-9-8-10-17(19)4)24-20-15-16(3)13-14-26(20)22/h8-10,12-15,18H,5-7,11H2,1-4H3,(H,25,27)/t18-/m1/s1. The molecule has 1 atom stereocenters. The summed E-state index contributed by atoms with van der Waals surface area (Å²) in [5.74, 6) is 0.882. The van der Waals surface area contributed by atoms with Gasteiger partial charge in [-0.25, -0.2) is 4.98 Å². The van der Waals surface area contributed by atoms with Crippen molar-refractivity contribution in [2.75, 3.05) is 5.32 Å². The monoisotopic (exact) mass is 363 g/mol. The van der Waals surface area contributed by atoms with E-state index in [1.165, 1.54) is 0 Å². The minimum atomic E-state index is 0.0330. The molecule has 2 aromatic heterocycles. The van der Waals surface area contributed by atoms with Gasteiger partial charge in [0, 0.05) is 17.7 Å². The van der Waals surface area contributed by atoms with E-state index in [9.17, 15) is 4.79 Å². The molecule has 0 bridgehead atoms. The molecule has 0 saturated carbocycles. The Morgan fingerprint density at radius 1 is 1.19 bits per heavy atom. The molecule has 4 heteroatoms. The maximum atomic E-state index is 13.0. The Morgan fingerprint density at radius 2 is 1.96 bits per heavy atom. The number of amides is 1. The maximum Gasteiger partial charge on any atom is 0.228 e. The lowest BCUT2D eigenvalue weighted by Gasteiger charge is -2.15. The topological polar surface area (TPSA) is 46.4 Å². The lowest BCUT2D eigenvalue weighted by Crippen LogP contribution is -2.23. The smallest absolute Gasteiger partial charge is 0.228 e. The van der Waals surface area contributed by atoms with Gasteiger partial charge in [-0.1, -0.05) is 51.0 Å². The summed E-state index contributed by atoms with van der Waals surface area (Å²) in [6, 6.07) is 12.3. The quantitative estimate of drug-likeness (QED) is 0.579. The number of pyridine rings is 1. The molecular weight excluding hydrogens is 334 g/mol. The van der Waals surface area contributed by atoms with E-state index in [1.54, 1.807) is 0 Å². The predicted molar refractivity (Wildman–Crippen MR) is 112 cm³/mol. The van der Waals surface area contributed by atoms with Crippen LogP contribution in [-0.4, -0.2) is 15.3 Å². The first-order valence-corrected chi connectivity index (χ1v) is 9.90. The van der Waals surface area contributed by atoms with Gasteiger partial charge >= 0.3 is 0 Å². The van der Waals surface area contributed by atoms with Crippen LogP contribution in [-0.2, 0) is 4.79 Å².